The van der Waals surface area contributed by atoms with Crippen molar-refractivity contribution in [3.05, 3.63) is 22.5 Å². The third kappa shape index (κ3) is 2.23. The molecule has 90 valence electrons. The SMILES string of the molecule is CSc1nc(N)cc(-n2nc(C)c(Cl)c2C)n1. The van der Waals surface area contributed by atoms with Crippen LogP contribution in [0, 0.1) is 13.8 Å². The van der Waals surface area contributed by atoms with Gasteiger partial charge >= 0.3 is 0 Å². The maximum atomic E-state index is 6.10. The summed E-state index contributed by atoms with van der Waals surface area (Å²) in [6.07, 6.45) is 1.90. The van der Waals surface area contributed by atoms with Crippen LogP contribution >= 0.6 is 23.4 Å². The van der Waals surface area contributed by atoms with E-state index in [1.807, 2.05) is 20.1 Å². The van der Waals surface area contributed by atoms with Crippen molar-refractivity contribution < 1.29 is 0 Å². The fourth-order valence-electron chi connectivity index (χ4n) is 1.48. The first kappa shape index (κ1) is 12.2. The molecule has 0 aromatic carbocycles. The lowest BCUT2D eigenvalue weighted by molar-refractivity contribution is 0.779. The van der Waals surface area contributed by atoms with Gasteiger partial charge in [-0.15, -0.1) is 0 Å². The summed E-state index contributed by atoms with van der Waals surface area (Å²) in [5.41, 5.74) is 7.34. The van der Waals surface area contributed by atoms with Gasteiger partial charge in [-0.1, -0.05) is 23.4 Å². The summed E-state index contributed by atoms with van der Waals surface area (Å²) in [6, 6.07) is 1.68. The molecule has 0 unspecified atom stereocenters. The van der Waals surface area contributed by atoms with E-state index in [-0.39, 0.29) is 0 Å². The van der Waals surface area contributed by atoms with Gasteiger partial charge in [-0.2, -0.15) is 5.10 Å². The molecule has 2 N–H and O–H groups in total. The zero-order valence-corrected chi connectivity index (χ0v) is 11.3. The van der Waals surface area contributed by atoms with Crippen LogP contribution in [0.1, 0.15) is 11.4 Å². The van der Waals surface area contributed by atoms with Crippen LogP contribution in [0.15, 0.2) is 11.2 Å². The van der Waals surface area contributed by atoms with E-state index in [2.05, 4.69) is 15.1 Å². The van der Waals surface area contributed by atoms with Crippen molar-refractivity contribution in [1.29, 1.82) is 0 Å². The third-order valence-corrected chi connectivity index (χ3v) is 3.41. The number of hydrogen-bond donors (Lipinski definition) is 1. The molecule has 2 rings (SSSR count). The van der Waals surface area contributed by atoms with Crippen LogP contribution < -0.4 is 5.73 Å². The highest BCUT2D eigenvalue weighted by molar-refractivity contribution is 7.98. The minimum absolute atomic E-state index is 0.419. The Hall–Kier alpha value is -1.27. The van der Waals surface area contributed by atoms with E-state index >= 15 is 0 Å². The van der Waals surface area contributed by atoms with Gasteiger partial charge < -0.3 is 5.73 Å². The second-order valence-electron chi connectivity index (χ2n) is 3.53. The van der Waals surface area contributed by atoms with E-state index < -0.39 is 0 Å². The molecule has 5 nitrogen and oxygen atoms in total. The Balaban J connectivity index is 2.59. The van der Waals surface area contributed by atoms with E-state index in [0.717, 1.165) is 11.4 Å². The van der Waals surface area contributed by atoms with E-state index in [1.54, 1.807) is 10.7 Å². The monoisotopic (exact) mass is 269 g/mol. The van der Waals surface area contributed by atoms with Gasteiger partial charge in [-0.05, 0) is 20.1 Å². The summed E-state index contributed by atoms with van der Waals surface area (Å²) >= 11 is 7.53. The number of rotatable bonds is 2. The average molecular weight is 270 g/mol. The molecule has 7 heteroatoms. The Bertz CT molecular complexity index is 566. The number of halogens is 1. The van der Waals surface area contributed by atoms with Gasteiger partial charge in [0, 0.05) is 6.07 Å². The van der Waals surface area contributed by atoms with Crippen LogP contribution in [0.5, 0.6) is 0 Å². The lowest BCUT2D eigenvalue weighted by Crippen LogP contribution is -2.05. The molecule has 0 aliphatic heterocycles. The Morgan fingerprint density at radius 3 is 2.59 bits per heavy atom. The molecule has 17 heavy (non-hydrogen) atoms. The summed E-state index contributed by atoms with van der Waals surface area (Å²) in [6.45, 7) is 3.74. The highest BCUT2D eigenvalue weighted by Crippen LogP contribution is 2.23. The Kier molecular flexibility index (Phi) is 3.26. The predicted octanol–water partition coefficient (Wildman–Crippen LogP) is 2.24. The molecule has 2 aromatic rings. The van der Waals surface area contributed by atoms with E-state index in [4.69, 9.17) is 17.3 Å². The van der Waals surface area contributed by atoms with Gasteiger partial charge in [0.05, 0.1) is 16.4 Å². The van der Waals surface area contributed by atoms with Gasteiger partial charge in [0.1, 0.15) is 5.82 Å². The molecule has 0 saturated heterocycles. The Labute approximate surface area is 108 Å². The smallest absolute Gasteiger partial charge is 0.191 e. The molecular weight excluding hydrogens is 258 g/mol. The largest absolute Gasteiger partial charge is 0.383 e. The first-order valence-electron chi connectivity index (χ1n) is 4.93. The maximum absolute atomic E-state index is 6.10. The van der Waals surface area contributed by atoms with Gasteiger partial charge in [0.2, 0.25) is 0 Å². The summed E-state index contributed by atoms with van der Waals surface area (Å²) in [4.78, 5) is 8.44. The van der Waals surface area contributed by atoms with Crippen LogP contribution in [0.2, 0.25) is 5.02 Å². The van der Waals surface area contributed by atoms with Crippen molar-refractivity contribution >= 4 is 29.2 Å². The molecular formula is C10H12ClN5S. The van der Waals surface area contributed by atoms with E-state index in [0.29, 0.717) is 21.8 Å². The van der Waals surface area contributed by atoms with Gasteiger partial charge in [-0.25, -0.2) is 14.6 Å². The number of aryl methyl sites for hydroxylation is 1. The highest BCUT2D eigenvalue weighted by Gasteiger charge is 2.13. The van der Waals surface area contributed by atoms with Crippen LogP contribution in [-0.4, -0.2) is 26.0 Å². The van der Waals surface area contributed by atoms with Crippen LogP contribution in [-0.2, 0) is 0 Å². The van der Waals surface area contributed by atoms with Gasteiger partial charge in [-0.3, -0.25) is 0 Å². The number of hydrogen-bond acceptors (Lipinski definition) is 5. The normalized spacial score (nSPS) is 10.8. The number of nitrogen functional groups attached to an aromatic ring is 1. The molecule has 0 bridgehead atoms. The summed E-state index contributed by atoms with van der Waals surface area (Å²) in [5, 5.41) is 5.59. The summed E-state index contributed by atoms with van der Waals surface area (Å²) in [7, 11) is 0. The number of aromatic nitrogens is 4. The Morgan fingerprint density at radius 1 is 1.35 bits per heavy atom. The Morgan fingerprint density at radius 2 is 2.06 bits per heavy atom. The standard InChI is InChI=1S/C10H12ClN5S/c1-5-9(11)6(2)16(15-5)8-4-7(12)13-10(14-8)17-3/h4H,1-3H3,(H2,12,13,14). The van der Waals surface area contributed by atoms with Crippen LogP contribution in [0.3, 0.4) is 0 Å². The van der Waals surface area contributed by atoms with Crippen molar-refractivity contribution in [1.82, 2.24) is 19.7 Å². The molecule has 0 atom stereocenters. The predicted molar refractivity (Wildman–Crippen MR) is 69.8 cm³/mol. The number of nitrogens with zero attached hydrogens (tertiary/aromatic N) is 4. The molecule has 2 aromatic heterocycles. The van der Waals surface area contributed by atoms with E-state index in [9.17, 15) is 0 Å². The third-order valence-electron chi connectivity index (χ3n) is 2.31. The molecule has 0 spiro atoms. The van der Waals surface area contributed by atoms with Crippen molar-refractivity contribution in [3.63, 3.8) is 0 Å². The zero-order chi connectivity index (χ0) is 12.6. The van der Waals surface area contributed by atoms with Crippen molar-refractivity contribution in [3.8, 4) is 5.82 Å². The quantitative estimate of drug-likeness (QED) is 0.669. The molecule has 0 radical (unpaired) electrons. The summed E-state index contributed by atoms with van der Waals surface area (Å²) < 4.78 is 1.68. The molecule has 2 heterocycles. The summed E-state index contributed by atoms with van der Waals surface area (Å²) in [5.74, 6) is 1.05. The van der Waals surface area contributed by atoms with Crippen LogP contribution in [0.4, 0.5) is 5.82 Å². The number of anilines is 1. The molecule has 0 aliphatic carbocycles. The van der Waals surface area contributed by atoms with Crippen molar-refractivity contribution in [2.75, 3.05) is 12.0 Å². The lowest BCUT2D eigenvalue weighted by Gasteiger charge is -2.05. The van der Waals surface area contributed by atoms with E-state index in [1.165, 1.54) is 11.8 Å². The number of nitrogens with two attached hydrogens (primary N) is 1. The molecule has 0 amide bonds. The minimum atomic E-state index is 0.419. The molecule has 0 saturated carbocycles. The highest BCUT2D eigenvalue weighted by atomic mass is 35.5. The molecule has 0 aliphatic rings. The molecule has 0 fully saturated rings. The van der Waals surface area contributed by atoms with Crippen LogP contribution in [0.25, 0.3) is 5.82 Å². The second kappa shape index (κ2) is 4.54. The van der Waals surface area contributed by atoms with Gasteiger partial charge in [0.15, 0.2) is 11.0 Å². The number of thioether (sulfide) groups is 1. The zero-order valence-electron chi connectivity index (χ0n) is 9.73. The topological polar surface area (TPSA) is 69.6 Å². The van der Waals surface area contributed by atoms with Crippen molar-refractivity contribution in [2.45, 2.75) is 19.0 Å². The second-order valence-corrected chi connectivity index (χ2v) is 4.69. The fraction of sp³-hybridized carbons (Fsp3) is 0.300. The first-order chi connectivity index (χ1) is 8.02. The fourth-order valence-corrected chi connectivity index (χ4v) is 1.98. The lowest BCUT2D eigenvalue weighted by atomic mass is 10.4. The van der Waals surface area contributed by atoms with Crippen molar-refractivity contribution in [2.24, 2.45) is 0 Å². The van der Waals surface area contributed by atoms with Gasteiger partial charge in [0.25, 0.3) is 0 Å². The average Bonchev–Trinajstić information content (AvgIpc) is 2.56. The minimum Gasteiger partial charge on any atom is -0.383 e. The first-order valence-corrected chi connectivity index (χ1v) is 6.54. The maximum Gasteiger partial charge on any atom is 0.191 e.